The number of aliphatic hydroxyl groups excluding tert-OH is 1. The van der Waals surface area contributed by atoms with Crippen LogP contribution < -0.4 is 4.90 Å². The highest BCUT2D eigenvalue weighted by atomic mass is 35.5. The first-order valence-corrected chi connectivity index (χ1v) is 11.9. The fraction of sp³-hybridized carbons (Fsp3) is 0.259. The fourth-order valence-corrected chi connectivity index (χ4v) is 4.41. The lowest BCUT2D eigenvalue weighted by Gasteiger charge is -2.36. The smallest absolute Gasteiger partial charge is 0.256 e. The van der Waals surface area contributed by atoms with Crippen LogP contribution in [0.2, 0.25) is 5.02 Å². The predicted octanol–water partition coefficient (Wildman–Crippen LogP) is 3.36. The summed E-state index contributed by atoms with van der Waals surface area (Å²) in [5, 5.41) is 20.6. The fourth-order valence-electron chi connectivity index (χ4n) is 4.15. The number of carbonyl (C=O) groups is 2. The van der Waals surface area contributed by atoms with Crippen LogP contribution in [0.25, 0.3) is 11.1 Å². The highest BCUT2D eigenvalue weighted by molar-refractivity contribution is 6.34. The summed E-state index contributed by atoms with van der Waals surface area (Å²) in [5.74, 6) is 0.0202. The Labute approximate surface area is 215 Å². The van der Waals surface area contributed by atoms with Crippen molar-refractivity contribution in [3.63, 3.8) is 0 Å². The first-order valence-electron chi connectivity index (χ1n) is 11.5. The normalized spacial score (nSPS) is 14.2. The van der Waals surface area contributed by atoms with E-state index in [9.17, 15) is 20.0 Å². The minimum atomic E-state index is -1.20. The zero-order chi connectivity index (χ0) is 25.8. The van der Waals surface area contributed by atoms with Crippen molar-refractivity contribution in [3.05, 3.63) is 82.5 Å². The number of piperazine rings is 1. The molecule has 1 atom stereocenters. The number of halogens is 1. The van der Waals surface area contributed by atoms with Crippen molar-refractivity contribution < 1.29 is 14.7 Å². The van der Waals surface area contributed by atoms with Gasteiger partial charge < -0.3 is 19.8 Å². The molecule has 184 valence electrons. The van der Waals surface area contributed by atoms with Gasteiger partial charge in [-0.2, -0.15) is 5.26 Å². The summed E-state index contributed by atoms with van der Waals surface area (Å²) in [6, 6.07) is 18.0. The molecule has 0 aliphatic carbocycles. The predicted molar refractivity (Wildman–Crippen MR) is 138 cm³/mol. The van der Waals surface area contributed by atoms with Gasteiger partial charge in [-0.05, 0) is 29.3 Å². The molecule has 4 rings (SSSR count). The molecule has 1 aromatic heterocycles. The molecule has 36 heavy (non-hydrogen) atoms. The van der Waals surface area contributed by atoms with E-state index >= 15 is 0 Å². The molecule has 0 spiro atoms. The van der Waals surface area contributed by atoms with Gasteiger partial charge in [-0.1, -0.05) is 48.0 Å². The van der Waals surface area contributed by atoms with Crippen LogP contribution in [-0.4, -0.2) is 72.0 Å². The molecular formula is C27H26ClN5O3. The highest BCUT2D eigenvalue weighted by Gasteiger charge is 2.28. The van der Waals surface area contributed by atoms with Gasteiger partial charge in [0.25, 0.3) is 11.8 Å². The van der Waals surface area contributed by atoms with Crippen LogP contribution >= 0.6 is 11.6 Å². The van der Waals surface area contributed by atoms with Gasteiger partial charge in [-0.25, -0.2) is 4.98 Å². The molecule has 1 aliphatic rings. The summed E-state index contributed by atoms with van der Waals surface area (Å²) in [6.07, 6.45) is 0.474. The standard InChI is InChI=1S/C27H26ClN5O3/c1-31(2)26(35)22-9-8-19(15-23(22)28)21-14-20(16-29)25(30-17-21)32-10-12-33(13-11-32)27(36)24(34)18-6-4-3-5-7-18/h3-9,14-15,17,24,34H,10-13H2,1-2H3/t24-/m1/s1. The number of hydrogen-bond donors (Lipinski definition) is 1. The van der Waals surface area contributed by atoms with E-state index in [1.54, 1.807) is 73.7 Å². The number of hydrogen-bond acceptors (Lipinski definition) is 6. The van der Waals surface area contributed by atoms with Gasteiger partial charge >= 0.3 is 0 Å². The number of amides is 2. The third-order valence-corrected chi connectivity index (χ3v) is 6.48. The summed E-state index contributed by atoms with van der Waals surface area (Å²) < 4.78 is 0. The lowest BCUT2D eigenvalue weighted by molar-refractivity contribution is -0.140. The van der Waals surface area contributed by atoms with Crippen molar-refractivity contribution in [2.45, 2.75) is 6.10 Å². The molecule has 1 fully saturated rings. The Hall–Kier alpha value is -3.93. The van der Waals surface area contributed by atoms with Crippen molar-refractivity contribution in [2.75, 3.05) is 45.2 Å². The third-order valence-electron chi connectivity index (χ3n) is 6.17. The molecule has 2 heterocycles. The number of aliphatic hydroxyl groups is 1. The molecule has 9 heteroatoms. The van der Waals surface area contributed by atoms with Crippen LogP contribution in [0.4, 0.5) is 5.82 Å². The van der Waals surface area contributed by atoms with Gasteiger partial charge in [0.05, 0.1) is 16.1 Å². The van der Waals surface area contributed by atoms with Crippen molar-refractivity contribution in [2.24, 2.45) is 0 Å². The molecule has 1 N–H and O–H groups in total. The SMILES string of the molecule is CN(C)C(=O)c1ccc(-c2cnc(N3CCN(C(=O)[C@H](O)c4ccccc4)CC3)c(C#N)c2)cc1Cl. The van der Waals surface area contributed by atoms with Gasteiger partial charge in [0.15, 0.2) is 6.10 Å². The van der Waals surface area contributed by atoms with Gasteiger partial charge in [0.1, 0.15) is 11.9 Å². The zero-order valence-electron chi connectivity index (χ0n) is 20.1. The van der Waals surface area contributed by atoms with Crippen LogP contribution in [0.15, 0.2) is 60.8 Å². The van der Waals surface area contributed by atoms with E-state index in [4.69, 9.17) is 11.6 Å². The maximum absolute atomic E-state index is 12.8. The quantitative estimate of drug-likeness (QED) is 0.573. The van der Waals surface area contributed by atoms with Crippen LogP contribution in [-0.2, 0) is 4.79 Å². The summed E-state index contributed by atoms with van der Waals surface area (Å²) in [6.45, 7) is 1.80. The molecular weight excluding hydrogens is 478 g/mol. The van der Waals surface area contributed by atoms with Crippen molar-refractivity contribution in [3.8, 4) is 17.2 Å². The zero-order valence-corrected chi connectivity index (χ0v) is 20.8. The number of carbonyl (C=O) groups excluding carboxylic acids is 2. The van der Waals surface area contributed by atoms with Crippen molar-refractivity contribution >= 4 is 29.2 Å². The first kappa shape index (κ1) is 25.2. The second-order valence-electron chi connectivity index (χ2n) is 8.73. The molecule has 1 saturated heterocycles. The van der Waals surface area contributed by atoms with Gasteiger partial charge in [-0.3, -0.25) is 9.59 Å². The second kappa shape index (κ2) is 10.8. The molecule has 2 aromatic carbocycles. The van der Waals surface area contributed by atoms with Crippen LogP contribution in [0.1, 0.15) is 27.6 Å². The Morgan fingerprint density at radius 1 is 1.06 bits per heavy atom. The Bertz CT molecular complexity index is 1310. The number of aromatic nitrogens is 1. The maximum Gasteiger partial charge on any atom is 0.256 e. The molecule has 0 saturated carbocycles. The summed E-state index contributed by atoms with van der Waals surface area (Å²) >= 11 is 6.35. The first-order chi connectivity index (χ1) is 17.3. The number of anilines is 1. The number of benzene rings is 2. The highest BCUT2D eigenvalue weighted by Crippen LogP contribution is 2.29. The average molecular weight is 504 g/mol. The Kier molecular flexibility index (Phi) is 7.53. The molecule has 0 bridgehead atoms. The van der Waals surface area contributed by atoms with Gasteiger partial charge in [0.2, 0.25) is 0 Å². The topological polar surface area (TPSA) is 101 Å². The average Bonchev–Trinajstić information content (AvgIpc) is 2.92. The molecule has 0 radical (unpaired) electrons. The van der Waals surface area contributed by atoms with Gasteiger partial charge in [-0.15, -0.1) is 0 Å². The van der Waals surface area contributed by atoms with E-state index in [0.717, 1.165) is 5.56 Å². The minimum absolute atomic E-state index is 0.188. The molecule has 3 aromatic rings. The van der Waals surface area contributed by atoms with Crippen LogP contribution in [0, 0.1) is 11.3 Å². The van der Waals surface area contributed by atoms with Crippen LogP contribution in [0.3, 0.4) is 0 Å². The lowest BCUT2D eigenvalue weighted by atomic mass is 10.0. The monoisotopic (exact) mass is 503 g/mol. The molecule has 8 nitrogen and oxygen atoms in total. The largest absolute Gasteiger partial charge is 0.378 e. The maximum atomic E-state index is 12.8. The van der Waals surface area contributed by atoms with E-state index in [1.807, 2.05) is 11.0 Å². The number of nitrogens with zero attached hydrogens (tertiary/aromatic N) is 5. The third kappa shape index (κ3) is 5.18. The van der Waals surface area contributed by atoms with Crippen LogP contribution in [0.5, 0.6) is 0 Å². The Morgan fingerprint density at radius 3 is 2.36 bits per heavy atom. The van der Waals surface area contributed by atoms with E-state index in [2.05, 4.69) is 11.1 Å². The van der Waals surface area contributed by atoms with Gasteiger partial charge in [0, 0.05) is 52.0 Å². The van der Waals surface area contributed by atoms with Crippen molar-refractivity contribution in [1.82, 2.24) is 14.8 Å². The van der Waals surface area contributed by atoms with Crippen molar-refractivity contribution in [1.29, 1.82) is 5.26 Å². The Morgan fingerprint density at radius 2 is 1.75 bits per heavy atom. The molecule has 0 unspecified atom stereocenters. The summed E-state index contributed by atoms with van der Waals surface area (Å²) in [7, 11) is 3.32. The van der Waals surface area contributed by atoms with E-state index in [0.29, 0.717) is 59.3 Å². The summed E-state index contributed by atoms with van der Waals surface area (Å²) in [4.78, 5) is 34.6. The lowest BCUT2D eigenvalue weighted by Crippen LogP contribution is -2.50. The number of nitriles is 1. The second-order valence-corrected chi connectivity index (χ2v) is 9.13. The Balaban J connectivity index is 1.47. The number of rotatable bonds is 5. The molecule has 2 amide bonds. The van der Waals surface area contributed by atoms with E-state index in [1.165, 1.54) is 4.90 Å². The minimum Gasteiger partial charge on any atom is -0.378 e. The number of pyridine rings is 1. The van der Waals surface area contributed by atoms with E-state index < -0.39 is 6.10 Å². The van der Waals surface area contributed by atoms with E-state index in [-0.39, 0.29) is 11.8 Å². The molecule has 1 aliphatic heterocycles. The summed E-state index contributed by atoms with van der Waals surface area (Å²) in [5.41, 5.74) is 2.83.